The molecule has 2 rings (SSSR count). The van der Waals surface area contributed by atoms with Crippen molar-refractivity contribution in [2.75, 3.05) is 6.61 Å². The van der Waals surface area contributed by atoms with Gasteiger partial charge in [-0.1, -0.05) is 12.1 Å². The molecule has 1 aromatic carbocycles. The van der Waals surface area contributed by atoms with Gasteiger partial charge in [0.05, 0.1) is 23.4 Å². The van der Waals surface area contributed by atoms with Gasteiger partial charge in [0, 0.05) is 4.47 Å². The Morgan fingerprint density at radius 1 is 1.24 bits per heavy atom. The summed E-state index contributed by atoms with van der Waals surface area (Å²) in [5.41, 5.74) is 0.233. The largest absolute Gasteiger partial charge is 0.495 e. The molecule has 0 radical (unpaired) electrons. The molecule has 4 nitrogen and oxygen atoms in total. The summed E-state index contributed by atoms with van der Waals surface area (Å²) in [7, 11) is -0.591. The molecular weight excluding hydrogens is 335 g/mol. The van der Waals surface area contributed by atoms with Crippen molar-refractivity contribution in [2.24, 2.45) is 0 Å². The number of carbonyl (C=O) groups is 1. The first-order valence-electron chi connectivity index (χ1n) is 7.01. The van der Waals surface area contributed by atoms with Gasteiger partial charge < -0.3 is 14.0 Å². The molecule has 0 aromatic heterocycles. The predicted molar refractivity (Wildman–Crippen MR) is 85.8 cm³/mol. The molecule has 21 heavy (non-hydrogen) atoms. The van der Waals surface area contributed by atoms with E-state index in [0.717, 1.165) is 0 Å². The van der Waals surface area contributed by atoms with Crippen LogP contribution in [0.3, 0.4) is 0 Å². The van der Waals surface area contributed by atoms with Crippen molar-refractivity contribution >= 4 is 34.5 Å². The SMILES string of the molecule is CCOC(=O)c1c(Br)cccc1B1OC(C)(C)C(C)(C)O1. The molecule has 1 heterocycles. The summed E-state index contributed by atoms with van der Waals surface area (Å²) >= 11 is 3.41. The van der Waals surface area contributed by atoms with Gasteiger partial charge in [0.2, 0.25) is 0 Å². The van der Waals surface area contributed by atoms with E-state index in [-0.39, 0.29) is 5.97 Å². The highest BCUT2D eigenvalue weighted by Crippen LogP contribution is 2.37. The molecule has 1 saturated heterocycles. The third-order valence-corrected chi connectivity index (χ3v) is 4.69. The highest BCUT2D eigenvalue weighted by Gasteiger charge is 2.52. The molecule has 0 unspecified atom stereocenters. The lowest BCUT2D eigenvalue weighted by atomic mass is 9.76. The Kier molecular flexibility index (Phi) is 4.52. The van der Waals surface area contributed by atoms with Crippen LogP contribution in [0.5, 0.6) is 0 Å². The lowest BCUT2D eigenvalue weighted by molar-refractivity contribution is 0.00578. The molecule has 0 atom stereocenters. The average molecular weight is 355 g/mol. The van der Waals surface area contributed by atoms with Crippen LogP contribution in [-0.4, -0.2) is 30.9 Å². The Labute approximate surface area is 134 Å². The number of carbonyl (C=O) groups excluding carboxylic acids is 1. The van der Waals surface area contributed by atoms with Gasteiger partial charge in [-0.25, -0.2) is 4.79 Å². The quantitative estimate of drug-likeness (QED) is 0.618. The molecule has 0 aliphatic carbocycles. The smallest absolute Gasteiger partial charge is 0.462 e. The van der Waals surface area contributed by atoms with Gasteiger partial charge in [0.1, 0.15) is 0 Å². The van der Waals surface area contributed by atoms with Crippen LogP contribution in [0, 0.1) is 0 Å². The Hall–Kier alpha value is -0.845. The highest BCUT2D eigenvalue weighted by molar-refractivity contribution is 9.10. The lowest BCUT2D eigenvalue weighted by Gasteiger charge is -2.32. The highest BCUT2D eigenvalue weighted by atomic mass is 79.9. The zero-order valence-electron chi connectivity index (χ0n) is 13.0. The second-order valence-corrected chi connectivity index (χ2v) is 6.87. The fourth-order valence-electron chi connectivity index (χ4n) is 2.13. The van der Waals surface area contributed by atoms with E-state index < -0.39 is 18.3 Å². The van der Waals surface area contributed by atoms with Gasteiger partial charge in [0.25, 0.3) is 0 Å². The molecule has 1 aromatic rings. The van der Waals surface area contributed by atoms with Crippen LogP contribution in [0.4, 0.5) is 0 Å². The van der Waals surface area contributed by atoms with Gasteiger partial charge in [-0.15, -0.1) is 0 Å². The summed E-state index contributed by atoms with van der Waals surface area (Å²) in [5.74, 6) is -0.380. The maximum Gasteiger partial charge on any atom is 0.495 e. The van der Waals surface area contributed by atoms with Crippen LogP contribution >= 0.6 is 15.9 Å². The number of hydrogen-bond acceptors (Lipinski definition) is 4. The fourth-order valence-corrected chi connectivity index (χ4v) is 2.67. The summed E-state index contributed by atoms with van der Waals surface area (Å²) in [5, 5.41) is 0. The van der Waals surface area contributed by atoms with Gasteiger partial charge in [-0.2, -0.15) is 0 Å². The van der Waals surface area contributed by atoms with Crippen LogP contribution in [-0.2, 0) is 14.0 Å². The third-order valence-electron chi connectivity index (χ3n) is 4.03. The Balaban J connectivity index is 2.42. The van der Waals surface area contributed by atoms with Crippen LogP contribution in [0.15, 0.2) is 22.7 Å². The van der Waals surface area contributed by atoms with Gasteiger partial charge in [0.15, 0.2) is 0 Å². The van der Waals surface area contributed by atoms with E-state index in [0.29, 0.717) is 22.1 Å². The normalized spacial score (nSPS) is 19.6. The number of benzene rings is 1. The molecule has 114 valence electrons. The van der Waals surface area contributed by atoms with Crippen LogP contribution in [0.25, 0.3) is 0 Å². The van der Waals surface area contributed by atoms with Crippen LogP contribution in [0.1, 0.15) is 45.0 Å². The van der Waals surface area contributed by atoms with E-state index in [1.807, 2.05) is 39.8 Å². The van der Waals surface area contributed by atoms with Gasteiger partial charge >= 0.3 is 13.1 Å². The zero-order valence-corrected chi connectivity index (χ0v) is 14.6. The van der Waals surface area contributed by atoms with Crippen molar-refractivity contribution in [3.8, 4) is 0 Å². The topological polar surface area (TPSA) is 44.8 Å². The average Bonchev–Trinajstić information content (AvgIpc) is 2.58. The zero-order chi connectivity index (χ0) is 15.8. The molecule has 1 fully saturated rings. The van der Waals surface area contributed by atoms with Gasteiger partial charge in [-0.3, -0.25) is 0 Å². The van der Waals surface area contributed by atoms with Crippen molar-refractivity contribution in [3.05, 3.63) is 28.2 Å². The second kappa shape index (κ2) is 5.74. The van der Waals surface area contributed by atoms with Crippen LogP contribution in [0.2, 0.25) is 0 Å². The van der Waals surface area contributed by atoms with Gasteiger partial charge in [-0.05, 0) is 62.1 Å². The summed E-state index contributed by atoms with van der Waals surface area (Å²) < 4.78 is 17.9. The van der Waals surface area contributed by atoms with Crippen molar-refractivity contribution < 1.29 is 18.8 Å². The summed E-state index contributed by atoms with van der Waals surface area (Å²) in [6.07, 6.45) is 0. The minimum atomic E-state index is -0.591. The monoisotopic (exact) mass is 354 g/mol. The van der Waals surface area contributed by atoms with E-state index >= 15 is 0 Å². The minimum absolute atomic E-state index is 0.322. The standard InChI is InChI=1S/C15H20BBrO4/c1-6-19-13(18)12-10(8-7-9-11(12)17)16-20-14(2,3)15(4,5)21-16/h7-9H,6H2,1-5H3. The van der Waals surface area contributed by atoms with E-state index in [1.165, 1.54) is 0 Å². The molecule has 6 heteroatoms. The van der Waals surface area contributed by atoms with E-state index in [1.54, 1.807) is 13.0 Å². The molecular formula is C15H20BBrO4. The molecule has 0 saturated carbocycles. The summed E-state index contributed by atoms with van der Waals surface area (Å²) in [6.45, 7) is 10.0. The van der Waals surface area contributed by atoms with Crippen molar-refractivity contribution in [1.82, 2.24) is 0 Å². The van der Waals surface area contributed by atoms with E-state index in [4.69, 9.17) is 14.0 Å². The fraction of sp³-hybridized carbons (Fsp3) is 0.533. The Morgan fingerprint density at radius 3 is 2.33 bits per heavy atom. The molecule has 0 spiro atoms. The Morgan fingerprint density at radius 2 is 1.81 bits per heavy atom. The first-order valence-corrected chi connectivity index (χ1v) is 7.80. The van der Waals surface area contributed by atoms with Crippen LogP contribution < -0.4 is 5.46 Å². The van der Waals surface area contributed by atoms with Crippen molar-refractivity contribution in [3.63, 3.8) is 0 Å². The molecule has 0 amide bonds. The minimum Gasteiger partial charge on any atom is -0.462 e. The molecule has 0 N–H and O–H groups in total. The molecule has 0 bridgehead atoms. The summed E-state index contributed by atoms with van der Waals surface area (Å²) in [4.78, 5) is 12.2. The third kappa shape index (κ3) is 3.03. The van der Waals surface area contributed by atoms with Crippen molar-refractivity contribution in [2.45, 2.75) is 45.8 Å². The van der Waals surface area contributed by atoms with E-state index in [2.05, 4.69) is 15.9 Å². The lowest BCUT2D eigenvalue weighted by Crippen LogP contribution is -2.41. The van der Waals surface area contributed by atoms with Crippen molar-refractivity contribution in [1.29, 1.82) is 0 Å². The maximum atomic E-state index is 12.2. The number of halogens is 1. The number of esters is 1. The van der Waals surface area contributed by atoms with E-state index in [9.17, 15) is 4.79 Å². The first-order chi connectivity index (χ1) is 9.69. The number of ether oxygens (including phenoxy) is 1. The second-order valence-electron chi connectivity index (χ2n) is 6.01. The number of hydrogen-bond donors (Lipinski definition) is 0. The predicted octanol–water partition coefficient (Wildman–Crippen LogP) is 2.93. The number of rotatable bonds is 3. The molecule has 1 aliphatic rings. The maximum absolute atomic E-state index is 12.2. The Bertz CT molecular complexity index is 541. The first kappa shape index (κ1) is 16.5. The summed E-state index contributed by atoms with van der Waals surface area (Å²) in [6, 6.07) is 5.49. The molecule has 1 aliphatic heterocycles.